The fraction of sp³-hybridized carbons (Fsp3) is 0.200. The van der Waals surface area contributed by atoms with E-state index in [-0.39, 0.29) is 5.69 Å². The van der Waals surface area contributed by atoms with E-state index in [0.717, 1.165) is 17.3 Å². The zero-order valence-corrected chi connectivity index (χ0v) is 13.8. The van der Waals surface area contributed by atoms with Crippen molar-refractivity contribution < 1.29 is 13.2 Å². The van der Waals surface area contributed by atoms with Crippen molar-refractivity contribution in [3.63, 3.8) is 0 Å². The summed E-state index contributed by atoms with van der Waals surface area (Å²) in [5, 5.41) is 3.29. The minimum absolute atomic E-state index is 0.145. The number of nitrogens with zero attached hydrogens (tertiary/aromatic N) is 1. The molecule has 0 amide bonds. The molecule has 0 atom stereocenters. The number of benzene rings is 2. The lowest BCUT2D eigenvalue weighted by atomic mass is 10.1. The highest BCUT2D eigenvalue weighted by Crippen LogP contribution is 2.34. The highest BCUT2D eigenvalue weighted by molar-refractivity contribution is 5.44. The number of alkyl halides is 3. The van der Waals surface area contributed by atoms with Crippen LogP contribution in [0.1, 0.15) is 22.4 Å². The van der Waals surface area contributed by atoms with Crippen LogP contribution in [0.15, 0.2) is 66.9 Å². The molecule has 0 radical (unpaired) electrons. The van der Waals surface area contributed by atoms with Crippen molar-refractivity contribution in [3.05, 3.63) is 89.2 Å². The molecule has 25 heavy (non-hydrogen) atoms. The summed E-state index contributed by atoms with van der Waals surface area (Å²) < 4.78 is 41.3. The molecule has 1 N–H and O–H groups in total. The number of aryl methyl sites for hydroxylation is 1. The second kappa shape index (κ2) is 7.15. The number of rotatable bonds is 5. The molecule has 0 spiro atoms. The summed E-state index contributed by atoms with van der Waals surface area (Å²) in [6.07, 6.45) is -2.72. The molecule has 2 nitrogen and oxygen atoms in total. The lowest BCUT2D eigenvalue weighted by Crippen LogP contribution is -2.17. The van der Waals surface area contributed by atoms with Crippen molar-refractivity contribution in [2.45, 2.75) is 26.2 Å². The molecule has 1 heterocycles. The number of para-hydroxylation sites is 1. The van der Waals surface area contributed by atoms with E-state index < -0.39 is 11.7 Å². The number of hydrogen-bond donors (Lipinski definition) is 1. The first-order valence-electron chi connectivity index (χ1n) is 8.04. The molecule has 3 aromatic rings. The molecule has 3 rings (SSSR count). The Bertz CT molecular complexity index is 833. The number of aromatic nitrogens is 1. The zero-order valence-electron chi connectivity index (χ0n) is 13.8. The summed E-state index contributed by atoms with van der Waals surface area (Å²) >= 11 is 0. The van der Waals surface area contributed by atoms with Gasteiger partial charge in [-0.3, -0.25) is 0 Å². The van der Waals surface area contributed by atoms with Crippen LogP contribution in [0, 0.1) is 6.92 Å². The molecule has 0 aliphatic carbocycles. The zero-order chi connectivity index (χ0) is 17.9. The van der Waals surface area contributed by atoms with Gasteiger partial charge in [0.25, 0.3) is 0 Å². The number of hydrogen-bond acceptors (Lipinski definition) is 1. The van der Waals surface area contributed by atoms with Crippen LogP contribution in [0.2, 0.25) is 0 Å². The number of nitrogens with one attached hydrogen (secondary N) is 1. The van der Waals surface area contributed by atoms with Gasteiger partial charge in [-0.05, 0) is 36.8 Å². The van der Waals surface area contributed by atoms with Gasteiger partial charge in [0, 0.05) is 25.0 Å². The highest BCUT2D eigenvalue weighted by atomic mass is 19.4. The quantitative estimate of drug-likeness (QED) is 0.682. The summed E-state index contributed by atoms with van der Waals surface area (Å²) in [4.78, 5) is 0. The molecule has 0 saturated carbocycles. The first-order chi connectivity index (χ1) is 11.9. The Hall–Kier alpha value is -2.53. The van der Waals surface area contributed by atoms with E-state index in [9.17, 15) is 13.2 Å². The fourth-order valence-corrected chi connectivity index (χ4v) is 2.76. The molecule has 5 heteroatoms. The van der Waals surface area contributed by atoms with E-state index in [2.05, 4.69) is 5.32 Å². The van der Waals surface area contributed by atoms with E-state index in [1.54, 1.807) is 22.9 Å². The number of halogens is 3. The van der Waals surface area contributed by atoms with Crippen LogP contribution < -0.4 is 5.32 Å². The maximum atomic E-state index is 13.2. The molecular weight excluding hydrogens is 325 g/mol. The predicted molar refractivity (Wildman–Crippen MR) is 92.5 cm³/mol. The van der Waals surface area contributed by atoms with Gasteiger partial charge in [-0.2, -0.15) is 13.2 Å². The predicted octanol–water partition coefficient (Wildman–Crippen LogP) is 5.09. The van der Waals surface area contributed by atoms with Crippen LogP contribution in [0.3, 0.4) is 0 Å². The summed E-state index contributed by atoms with van der Waals surface area (Å²) in [6, 6.07) is 17.4. The molecule has 0 fully saturated rings. The molecular formula is C20H19F3N2. The lowest BCUT2D eigenvalue weighted by molar-refractivity contribution is -0.137. The maximum absolute atomic E-state index is 13.2. The summed E-state index contributed by atoms with van der Waals surface area (Å²) in [7, 11) is 0. The van der Waals surface area contributed by atoms with Crippen LogP contribution in [0.4, 0.5) is 13.2 Å². The van der Waals surface area contributed by atoms with Crippen molar-refractivity contribution in [3.8, 4) is 5.69 Å². The molecule has 1 aromatic heterocycles. The Labute approximate surface area is 144 Å². The first-order valence-corrected chi connectivity index (χ1v) is 8.04. The minimum Gasteiger partial charge on any atom is -0.319 e. The Balaban J connectivity index is 1.76. The summed E-state index contributed by atoms with van der Waals surface area (Å²) in [6.45, 7) is 3.17. The second-order valence-corrected chi connectivity index (χ2v) is 5.97. The summed E-state index contributed by atoms with van der Waals surface area (Å²) in [5.41, 5.74) is 2.63. The SMILES string of the molecule is Cc1ccc(CNCc2cccn2-c2ccccc2C(F)(F)F)cc1. The normalized spacial score (nSPS) is 11.7. The van der Waals surface area contributed by atoms with Crippen LogP contribution >= 0.6 is 0 Å². The first kappa shape index (κ1) is 17.3. The monoisotopic (exact) mass is 344 g/mol. The van der Waals surface area contributed by atoms with E-state index in [1.165, 1.54) is 17.7 Å². The van der Waals surface area contributed by atoms with Crippen molar-refractivity contribution in [2.24, 2.45) is 0 Å². The third-order valence-corrected chi connectivity index (χ3v) is 4.06. The topological polar surface area (TPSA) is 17.0 Å². The summed E-state index contributed by atoms with van der Waals surface area (Å²) in [5.74, 6) is 0. The third-order valence-electron chi connectivity index (χ3n) is 4.06. The van der Waals surface area contributed by atoms with Gasteiger partial charge in [0.2, 0.25) is 0 Å². The standard InChI is InChI=1S/C20H19F3N2/c1-15-8-10-16(11-9-15)13-24-14-17-5-4-12-25(17)19-7-3-2-6-18(19)20(21,22)23/h2-12,24H,13-14H2,1H3. The molecule has 130 valence electrons. The Morgan fingerprint density at radius 1 is 0.880 bits per heavy atom. The Morgan fingerprint density at radius 2 is 1.60 bits per heavy atom. The van der Waals surface area contributed by atoms with Gasteiger partial charge in [0.15, 0.2) is 0 Å². The van der Waals surface area contributed by atoms with Gasteiger partial charge < -0.3 is 9.88 Å². The molecule has 0 aliphatic rings. The Morgan fingerprint density at radius 3 is 2.32 bits per heavy atom. The van der Waals surface area contributed by atoms with Crippen LogP contribution in [-0.2, 0) is 19.3 Å². The van der Waals surface area contributed by atoms with Crippen LogP contribution in [0.25, 0.3) is 5.69 Å². The lowest BCUT2D eigenvalue weighted by Gasteiger charge is -2.16. The van der Waals surface area contributed by atoms with Gasteiger partial charge in [-0.1, -0.05) is 42.0 Å². The van der Waals surface area contributed by atoms with Crippen molar-refractivity contribution >= 4 is 0 Å². The smallest absolute Gasteiger partial charge is 0.319 e. The van der Waals surface area contributed by atoms with E-state index in [1.807, 2.05) is 37.3 Å². The molecule has 2 aromatic carbocycles. The van der Waals surface area contributed by atoms with Gasteiger partial charge >= 0.3 is 6.18 Å². The Kier molecular flexibility index (Phi) is 4.95. The van der Waals surface area contributed by atoms with Crippen LogP contribution in [-0.4, -0.2) is 4.57 Å². The van der Waals surface area contributed by atoms with E-state index >= 15 is 0 Å². The van der Waals surface area contributed by atoms with Crippen LogP contribution in [0.5, 0.6) is 0 Å². The second-order valence-electron chi connectivity index (χ2n) is 5.97. The molecule has 0 aliphatic heterocycles. The van der Waals surface area contributed by atoms with Gasteiger partial charge in [0.05, 0.1) is 11.3 Å². The largest absolute Gasteiger partial charge is 0.418 e. The maximum Gasteiger partial charge on any atom is 0.418 e. The van der Waals surface area contributed by atoms with E-state index in [4.69, 9.17) is 0 Å². The van der Waals surface area contributed by atoms with Crippen molar-refractivity contribution in [1.82, 2.24) is 9.88 Å². The van der Waals surface area contributed by atoms with Crippen molar-refractivity contribution in [1.29, 1.82) is 0 Å². The average Bonchev–Trinajstić information content (AvgIpc) is 3.04. The highest BCUT2D eigenvalue weighted by Gasteiger charge is 2.33. The molecule has 0 unspecified atom stereocenters. The van der Waals surface area contributed by atoms with Gasteiger partial charge in [-0.15, -0.1) is 0 Å². The van der Waals surface area contributed by atoms with Gasteiger partial charge in [0.1, 0.15) is 0 Å². The fourth-order valence-electron chi connectivity index (χ4n) is 2.76. The molecule has 0 bridgehead atoms. The van der Waals surface area contributed by atoms with E-state index in [0.29, 0.717) is 13.1 Å². The average molecular weight is 344 g/mol. The van der Waals surface area contributed by atoms with Crippen molar-refractivity contribution in [2.75, 3.05) is 0 Å². The van der Waals surface area contributed by atoms with Gasteiger partial charge in [-0.25, -0.2) is 0 Å². The third kappa shape index (κ3) is 4.12. The molecule has 0 saturated heterocycles. The minimum atomic E-state index is -4.38.